The van der Waals surface area contributed by atoms with E-state index in [1.165, 1.54) is 0 Å². The smallest absolute Gasteiger partial charge is 0.224 e. The van der Waals surface area contributed by atoms with Gasteiger partial charge in [-0.15, -0.1) is 0 Å². The fraction of sp³-hybridized carbons (Fsp3) is 0.562. The fourth-order valence-corrected chi connectivity index (χ4v) is 2.80. The summed E-state index contributed by atoms with van der Waals surface area (Å²) in [5, 5.41) is 6.91. The molecule has 0 spiro atoms. The third-order valence-corrected chi connectivity index (χ3v) is 4.40. The third-order valence-electron chi connectivity index (χ3n) is 3.99. The van der Waals surface area contributed by atoms with Crippen LogP contribution in [0.3, 0.4) is 0 Å². The molecule has 2 rings (SSSR count). The first-order valence-electron chi connectivity index (χ1n) is 7.45. The van der Waals surface area contributed by atoms with E-state index in [2.05, 4.69) is 10.6 Å². The second kappa shape index (κ2) is 7.66. The molecule has 21 heavy (non-hydrogen) atoms. The van der Waals surface area contributed by atoms with Gasteiger partial charge >= 0.3 is 0 Å². The molecule has 0 saturated carbocycles. The monoisotopic (exact) mass is 310 g/mol. The lowest BCUT2D eigenvalue weighted by molar-refractivity contribution is -0.116. The molecule has 0 aliphatic carbocycles. The highest BCUT2D eigenvalue weighted by Crippen LogP contribution is 2.31. The molecule has 2 N–H and O–H groups in total. The van der Waals surface area contributed by atoms with Crippen molar-refractivity contribution in [2.75, 3.05) is 25.5 Å². The van der Waals surface area contributed by atoms with Gasteiger partial charge in [0.2, 0.25) is 5.91 Å². The van der Waals surface area contributed by atoms with Crippen molar-refractivity contribution < 1.29 is 9.53 Å². The van der Waals surface area contributed by atoms with Crippen LogP contribution in [0.15, 0.2) is 12.1 Å². The zero-order valence-electron chi connectivity index (χ0n) is 12.7. The molecule has 1 amide bonds. The lowest BCUT2D eigenvalue weighted by atomic mass is 9.93. The quantitative estimate of drug-likeness (QED) is 0.876. The van der Waals surface area contributed by atoms with E-state index >= 15 is 0 Å². The zero-order chi connectivity index (χ0) is 15.2. The summed E-state index contributed by atoms with van der Waals surface area (Å²) in [5.41, 5.74) is 1.61. The molecule has 5 heteroatoms. The van der Waals surface area contributed by atoms with Crippen LogP contribution >= 0.6 is 11.6 Å². The van der Waals surface area contributed by atoms with Gasteiger partial charge in [0.05, 0.1) is 12.8 Å². The lowest BCUT2D eigenvalue weighted by Crippen LogP contribution is -2.28. The van der Waals surface area contributed by atoms with Crippen molar-refractivity contribution in [3.8, 4) is 5.75 Å². The largest absolute Gasteiger partial charge is 0.495 e. The first kappa shape index (κ1) is 16.1. The highest BCUT2D eigenvalue weighted by atomic mass is 35.5. The van der Waals surface area contributed by atoms with Crippen LogP contribution in [0.4, 0.5) is 5.69 Å². The molecule has 0 atom stereocenters. The van der Waals surface area contributed by atoms with Gasteiger partial charge < -0.3 is 15.4 Å². The third kappa shape index (κ3) is 4.61. The Morgan fingerprint density at radius 3 is 2.81 bits per heavy atom. The van der Waals surface area contributed by atoms with Crippen molar-refractivity contribution in [2.45, 2.75) is 32.6 Å². The number of anilines is 1. The molecule has 0 aromatic heterocycles. The summed E-state index contributed by atoms with van der Waals surface area (Å²) in [6.07, 6.45) is 3.82. The number of piperidine rings is 1. The Hall–Kier alpha value is -1.26. The van der Waals surface area contributed by atoms with E-state index in [-0.39, 0.29) is 5.91 Å². The average molecular weight is 311 g/mol. The molecule has 116 valence electrons. The number of aryl methyl sites for hydroxylation is 1. The number of ether oxygens (including phenoxy) is 1. The van der Waals surface area contributed by atoms with E-state index in [4.69, 9.17) is 16.3 Å². The molecule has 0 unspecified atom stereocenters. The van der Waals surface area contributed by atoms with Gasteiger partial charge in [0.15, 0.2) is 0 Å². The SMILES string of the molecule is COc1cc(Cl)c(C)cc1NC(=O)CCC1CCNCC1. The maximum atomic E-state index is 12.1. The second-order valence-electron chi connectivity index (χ2n) is 5.58. The molecule has 4 nitrogen and oxygen atoms in total. The van der Waals surface area contributed by atoms with E-state index in [1.807, 2.05) is 13.0 Å². The predicted molar refractivity (Wildman–Crippen MR) is 86.2 cm³/mol. The van der Waals surface area contributed by atoms with Gasteiger partial charge in [0.25, 0.3) is 0 Å². The highest BCUT2D eigenvalue weighted by molar-refractivity contribution is 6.31. The molecule has 1 aromatic rings. The number of hydrogen-bond donors (Lipinski definition) is 2. The summed E-state index contributed by atoms with van der Waals surface area (Å²) in [5.74, 6) is 1.29. The molecule has 1 saturated heterocycles. The summed E-state index contributed by atoms with van der Waals surface area (Å²) in [6, 6.07) is 3.59. The summed E-state index contributed by atoms with van der Waals surface area (Å²) >= 11 is 6.07. The first-order valence-corrected chi connectivity index (χ1v) is 7.82. The van der Waals surface area contributed by atoms with Gasteiger partial charge in [-0.1, -0.05) is 11.6 Å². The van der Waals surface area contributed by atoms with Crippen molar-refractivity contribution in [2.24, 2.45) is 5.92 Å². The Kier molecular flexibility index (Phi) is 5.88. The predicted octanol–water partition coefficient (Wildman–Crippen LogP) is 3.38. The minimum Gasteiger partial charge on any atom is -0.495 e. The van der Waals surface area contributed by atoms with Crippen LogP contribution in [-0.4, -0.2) is 26.1 Å². The van der Waals surface area contributed by atoms with E-state index < -0.39 is 0 Å². The zero-order valence-corrected chi connectivity index (χ0v) is 13.4. The van der Waals surface area contributed by atoms with Gasteiger partial charge in [0, 0.05) is 17.5 Å². The molecule has 1 fully saturated rings. The maximum Gasteiger partial charge on any atom is 0.224 e. The van der Waals surface area contributed by atoms with Crippen molar-refractivity contribution in [1.82, 2.24) is 5.32 Å². The second-order valence-corrected chi connectivity index (χ2v) is 5.99. The molecular weight excluding hydrogens is 288 g/mol. The number of rotatable bonds is 5. The van der Waals surface area contributed by atoms with Crippen LogP contribution in [0.25, 0.3) is 0 Å². The molecule has 0 bridgehead atoms. The van der Waals surface area contributed by atoms with Gasteiger partial charge in [-0.05, 0) is 56.8 Å². The summed E-state index contributed by atoms with van der Waals surface area (Å²) in [6.45, 7) is 4.04. The van der Waals surface area contributed by atoms with Crippen molar-refractivity contribution in [1.29, 1.82) is 0 Å². The minimum atomic E-state index is 0.0357. The summed E-state index contributed by atoms with van der Waals surface area (Å²) in [7, 11) is 1.58. The van der Waals surface area contributed by atoms with Crippen LogP contribution in [0.2, 0.25) is 5.02 Å². The molecular formula is C16H23ClN2O2. The Bertz CT molecular complexity index is 499. The Morgan fingerprint density at radius 1 is 1.43 bits per heavy atom. The molecule has 1 aliphatic heterocycles. The minimum absolute atomic E-state index is 0.0357. The van der Waals surface area contributed by atoms with Crippen molar-refractivity contribution in [3.63, 3.8) is 0 Å². The number of amides is 1. The van der Waals surface area contributed by atoms with Crippen LogP contribution in [0.5, 0.6) is 5.75 Å². The number of carbonyl (C=O) groups excluding carboxylic acids is 1. The number of halogens is 1. The first-order chi connectivity index (χ1) is 10.1. The lowest BCUT2D eigenvalue weighted by Gasteiger charge is -2.22. The van der Waals surface area contributed by atoms with Gasteiger partial charge in [-0.2, -0.15) is 0 Å². The normalized spacial score (nSPS) is 15.8. The number of hydrogen-bond acceptors (Lipinski definition) is 3. The van der Waals surface area contributed by atoms with Gasteiger partial charge in [0.1, 0.15) is 5.75 Å². The number of carbonyl (C=O) groups is 1. The van der Waals surface area contributed by atoms with Crippen molar-refractivity contribution in [3.05, 3.63) is 22.7 Å². The standard InChI is InChI=1S/C16H23ClN2O2/c1-11-9-14(15(21-2)10-13(11)17)19-16(20)4-3-12-5-7-18-8-6-12/h9-10,12,18H,3-8H2,1-2H3,(H,19,20). The Labute approximate surface area is 131 Å². The Morgan fingerprint density at radius 2 is 2.14 bits per heavy atom. The molecule has 1 aliphatic rings. The molecule has 1 heterocycles. The van der Waals surface area contributed by atoms with E-state index in [9.17, 15) is 4.79 Å². The summed E-state index contributed by atoms with van der Waals surface area (Å²) < 4.78 is 5.27. The van der Waals surface area contributed by atoms with Crippen LogP contribution in [0, 0.1) is 12.8 Å². The number of methoxy groups -OCH3 is 1. The topological polar surface area (TPSA) is 50.4 Å². The van der Waals surface area contributed by atoms with E-state index in [0.29, 0.717) is 28.8 Å². The number of nitrogens with one attached hydrogen (secondary N) is 2. The van der Waals surface area contributed by atoms with E-state index in [0.717, 1.165) is 37.9 Å². The summed E-state index contributed by atoms with van der Waals surface area (Å²) in [4.78, 5) is 12.1. The molecule has 1 aromatic carbocycles. The van der Waals surface area contributed by atoms with Crippen LogP contribution in [-0.2, 0) is 4.79 Å². The molecule has 0 radical (unpaired) electrons. The Balaban J connectivity index is 1.91. The van der Waals surface area contributed by atoms with Gasteiger partial charge in [-0.3, -0.25) is 4.79 Å². The van der Waals surface area contributed by atoms with Gasteiger partial charge in [-0.25, -0.2) is 0 Å². The maximum absolute atomic E-state index is 12.1. The van der Waals surface area contributed by atoms with Crippen LogP contribution in [0.1, 0.15) is 31.2 Å². The van der Waals surface area contributed by atoms with Crippen LogP contribution < -0.4 is 15.4 Å². The van der Waals surface area contributed by atoms with Crippen molar-refractivity contribution >= 4 is 23.2 Å². The average Bonchev–Trinajstić information content (AvgIpc) is 2.49. The van der Waals surface area contributed by atoms with E-state index in [1.54, 1.807) is 13.2 Å². The number of benzene rings is 1. The highest BCUT2D eigenvalue weighted by Gasteiger charge is 2.15. The fourth-order valence-electron chi connectivity index (χ4n) is 2.65.